The molecular weight excluding hydrogens is 366 g/mol. The van der Waals surface area contributed by atoms with Crippen LogP contribution in [-0.2, 0) is 14.3 Å². The van der Waals surface area contributed by atoms with Gasteiger partial charge < -0.3 is 20.1 Å². The van der Waals surface area contributed by atoms with Crippen LogP contribution in [0.15, 0.2) is 48.5 Å². The van der Waals surface area contributed by atoms with Gasteiger partial charge in [0, 0.05) is 24.7 Å². The minimum Gasteiger partial charge on any atom is -0.444 e. The maximum atomic E-state index is 13.0. The minimum atomic E-state index is -1.16. The maximum absolute atomic E-state index is 13.0. The molecule has 0 aromatic heterocycles. The fourth-order valence-corrected chi connectivity index (χ4v) is 2.84. The quantitative estimate of drug-likeness (QED) is 0.361. The van der Waals surface area contributed by atoms with E-state index in [1.165, 1.54) is 12.1 Å². The molecule has 146 valence electrons. The molecule has 2 aromatic rings. The molecule has 3 rings (SSSR count). The first-order valence-corrected chi connectivity index (χ1v) is 8.63. The summed E-state index contributed by atoms with van der Waals surface area (Å²) in [6.07, 6.45) is -1.16. The Hall–Kier alpha value is -3.46. The highest BCUT2D eigenvalue weighted by molar-refractivity contribution is 5.94. The van der Waals surface area contributed by atoms with Crippen LogP contribution in [0.25, 0.3) is 0 Å². The lowest BCUT2D eigenvalue weighted by molar-refractivity contribution is -0.383. The van der Waals surface area contributed by atoms with Crippen molar-refractivity contribution in [3.8, 4) is 0 Å². The second kappa shape index (κ2) is 8.49. The molecule has 1 aliphatic heterocycles. The lowest BCUT2D eigenvalue weighted by Gasteiger charge is -2.30. The van der Waals surface area contributed by atoms with Crippen LogP contribution in [0.5, 0.6) is 0 Å². The van der Waals surface area contributed by atoms with Gasteiger partial charge in [0.05, 0.1) is 23.7 Å². The molecule has 2 N–H and O–H groups in total. The van der Waals surface area contributed by atoms with Crippen molar-refractivity contribution < 1.29 is 24.0 Å². The normalized spacial score (nSPS) is 14.9. The van der Waals surface area contributed by atoms with Crippen molar-refractivity contribution in [3.05, 3.63) is 69.8 Å². The van der Waals surface area contributed by atoms with E-state index in [4.69, 9.17) is 15.2 Å². The number of nitrogens with zero attached hydrogens (tertiary/aromatic N) is 2. The molecule has 1 amide bonds. The van der Waals surface area contributed by atoms with Crippen molar-refractivity contribution in [2.45, 2.75) is 6.10 Å². The number of rotatable bonds is 5. The first-order valence-electron chi connectivity index (χ1n) is 8.63. The van der Waals surface area contributed by atoms with Gasteiger partial charge >= 0.3 is 5.97 Å². The van der Waals surface area contributed by atoms with E-state index in [0.29, 0.717) is 31.9 Å². The standard InChI is InChI=1S/C19H19N3O6/c20-15-7-6-14(12-16(15)22(25)26)19(24)28-17(13-4-2-1-3-5-13)18(23)21-8-10-27-11-9-21/h1-7,12,17H,8-11,20H2/t17-/m0/s1. The fraction of sp³-hybridized carbons (Fsp3) is 0.263. The van der Waals surface area contributed by atoms with Crippen molar-refractivity contribution >= 4 is 23.3 Å². The first kappa shape index (κ1) is 19.3. The average Bonchev–Trinajstić information content (AvgIpc) is 2.72. The van der Waals surface area contributed by atoms with Crippen molar-refractivity contribution in [2.24, 2.45) is 0 Å². The molecule has 0 aliphatic carbocycles. The molecule has 1 saturated heterocycles. The largest absolute Gasteiger partial charge is 0.444 e. The Morgan fingerprint density at radius 3 is 2.46 bits per heavy atom. The van der Waals surface area contributed by atoms with Gasteiger partial charge in [0.1, 0.15) is 5.69 Å². The van der Waals surface area contributed by atoms with Gasteiger partial charge in [0.15, 0.2) is 0 Å². The molecule has 1 heterocycles. The monoisotopic (exact) mass is 385 g/mol. The van der Waals surface area contributed by atoms with Crippen LogP contribution in [0.1, 0.15) is 22.0 Å². The van der Waals surface area contributed by atoms with Gasteiger partial charge in [0.2, 0.25) is 6.10 Å². The first-order chi connectivity index (χ1) is 13.5. The second-order valence-electron chi connectivity index (χ2n) is 6.16. The van der Waals surface area contributed by atoms with Crippen LogP contribution in [-0.4, -0.2) is 48.0 Å². The average molecular weight is 385 g/mol. The zero-order chi connectivity index (χ0) is 20.1. The lowest BCUT2D eigenvalue weighted by atomic mass is 10.1. The molecule has 0 spiro atoms. The SMILES string of the molecule is Nc1ccc(C(=O)O[C@H](C(=O)N2CCOCC2)c2ccccc2)cc1[N+](=O)[O-]. The van der Waals surface area contributed by atoms with E-state index < -0.39 is 22.7 Å². The molecule has 9 heteroatoms. The van der Waals surface area contributed by atoms with E-state index >= 15 is 0 Å². The van der Waals surface area contributed by atoms with Crippen LogP contribution in [0, 0.1) is 10.1 Å². The van der Waals surface area contributed by atoms with Crippen LogP contribution < -0.4 is 5.73 Å². The van der Waals surface area contributed by atoms with E-state index in [2.05, 4.69) is 0 Å². The van der Waals surface area contributed by atoms with Crippen molar-refractivity contribution in [1.29, 1.82) is 0 Å². The third kappa shape index (κ3) is 4.26. The highest BCUT2D eigenvalue weighted by Gasteiger charge is 2.31. The van der Waals surface area contributed by atoms with E-state index in [1.807, 2.05) is 0 Å². The number of anilines is 1. The van der Waals surface area contributed by atoms with Crippen molar-refractivity contribution in [2.75, 3.05) is 32.0 Å². The number of nitrogens with two attached hydrogens (primary N) is 1. The molecule has 1 atom stereocenters. The minimum absolute atomic E-state index is 0.0587. The zero-order valence-electron chi connectivity index (χ0n) is 14.9. The zero-order valence-corrected chi connectivity index (χ0v) is 14.9. The number of nitro benzene ring substituents is 1. The summed E-state index contributed by atoms with van der Waals surface area (Å²) in [5, 5.41) is 11.1. The van der Waals surface area contributed by atoms with E-state index in [1.54, 1.807) is 35.2 Å². The molecule has 28 heavy (non-hydrogen) atoms. The fourth-order valence-electron chi connectivity index (χ4n) is 2.84. The summed E-state index contributed by atoms with van der Waals surface area (Å²) in [6, 6.07) is 12.2. The summed E-state index contributed by atoms with van der Waals surface area (Å²) in [5.74, 6) is -1.22. The number of morpholine rings is 1. The number of carbonyl (C=O) groups is 2. The summed E-state index contributed by atoms with van der Waals surface area (Å²) in [7, 11) is 0. The second-order valence-corrected chi connectivity index (χ2v) is 6.16. The van der Waals surface area contributed by atoms with Gasteiger partial charge in [-0.1, -0.05) is 30.3 Å². The Labute approximate surface area is 160 Å². The molecule has 0 saturated carbocycles. The predicted molar refractivity (Wildman–Crippen MR) is 99.5 cm³/mol. The lowest BCUT2D eigenvalue weighted by Crippen LogP contribution is -2.44. The van der Waals surface area contributed by atoms with Gasteiger partial charge in [0.25, 0.3) is 11.6 Å². The van der Waals surface area contributed by atoms with Crippen LogP contribution >= 0.6 is 0 Å². The predicted octanol–water partition coefficient (Wildman–Crippen LogP) is 1.93. The Morgan fingerprint density at radius 2 is 1.82 bits per heavy atom. The highest BCUT2D eigenvalue weighted by atomic mass is 16.6. The molecule has 1 aliphatic rings. The number of nitrogen functional groups attached to an aromatic ring is 1. The van der Waals surface area contributed by atoms with Gasteiger partial charge in [-0.25, -0.2) is 4.79 Å². The third-order valence-corrected chi connectivity index (χ3v) is 4.34. The molecule has 1 fully saturated rings. The maximum Gasteiger partial charge on any atom is 0.339 e. The van der Waals surface area contributed by atoms with E-state index in [9.17, 15) is 19.7 Å². The van der Waals surface area contributed by atoms with Crippen LogP contribution in [0.2, 0.25) is 0 Å². The van der Waals surface area contributed by atoms with Gasteiger partial charge in [-0.15, -0.1) is 0 Å². The number of hydrogen-bond acceptors (Lipinski definition) is 7. The summed E-state index contributed by atoms with van der Waals surface area (Å²) in [4.78, 5) is 37.5. The number of ether oxygens (including phenoxy) is 2. The Bertz CT molecular complexity index is 880. The number of esters is 1. The number of carbonyl (C=O) groups excluding carboxylic acids is 2. The van der Waals surface area contributed by atoms with Crippen LogP contribution in [0.4, 0.5) is 11.4 Å². The van der Waals surface area contributed by atoms with Crippen molar-refractivity contribution in [3.63, 3.8) is 0 Å². The molecule has 2 aromatic carbocycles. The Balaban J connectivity index is 1.87. The highest BCUT2D eigenvalue weighted by Crippen LogP contribution is 2.26. The number of benzene rings is 2. The van der Waals surface area contributed by atoms with Gasteiger partial charge in [-0.3, -0.25) is 14.9 Å². The number of nitro groups is 1. The van der Waals surface area contributed by atoms with E-state index in [0.717, 1.165) is 6.07 Å². The van der Waals surface area contributed by atoms with Gasteiger partial charge in [-0.05, 0) is 12.1 Å². The summed E-state index contributed by atoms with van der Waals surface area (Å²) < 4.78 is 10.7. The summed E-state index contributed by atoms with van der Waals surface area (Å²) in [5.41, 5.74) is 5.55. The molecule has 0 unspecified atom stereocenters. The summed E-state index contributed by atoms with van der Waals surface area (Å²) in [6.45, 7) is 1.61. The summed E-state index contributed by atoms with van der Waals surface area (Å²) >= 11 is 0. The van der Waals surface area contributed by atoms with Gasteiger partial charge in [-0.2, -0.15) is 0 Å². The number of amides is 1. The molecule has 0 bridgehead atoms. The Morgan fingerprint density at radius 1 is 1.14 bits per heavy atom. The molecular formula is C19H19N3O6. The smallest absolute Gasteiger partial charge is 0.339 e. The number of hydrogen-bond donors (Lipinski definition) is 1. The van der Waals surface area contributed by atoms with Crippen LogP contribution in [0.3, 0.4) is 0 Å². The molecule has 0 radical (unpaired) electrons. The topological polar surface area (TPSA) is 125 Å². The van der Waals surface area contributed by atoms with Crippen molar-refractivity contribution in [1.82, 2.24) is 4.90 Å². The molecule has 9 nitrogen and oxygen atoms in total. The Kier molecular flexibility index (Phi) is 5.85. The third-order valence-electron chi connectivity index (χ3n) is 4.34. The van der Waals surface area contributed by atoms with E-state index in [-0.39, 0.29) is 17.2 Å².